The second kappa shape index (κ2) is 8.12. The Bertz CT molecular complexity index is 1040. The van der Waals surface area contributed by atoms with Crippen LogP contribution < -0.4 is 21.3 Å². The van der Waals surface area contributed by atoms with Gasteiger partial charge >= 0.3 is 0 Å². The van der Waals surface area contributed by atoms with Gasteiger partial charge in [0.05, 0.1) is 5.02 Å². The average Bonchev–Trinajstić information content (AvgIpc) is 2.96. The maximum atomic E-state index is 14.9. The van der Waals surface area contributed by atoms with Gasteiger partial charge in [0, 0.05) is 34.6 Å². The summed E-state index contributed by atoms with van der Waals surface area (Å²) in [5.41, 5.74) is 8.08. The predicted molar refractivity (Wildman–Crippen MR) is 110 cm³/mol. The van der Waals surface area contributed by atoms with Crippen LogP contribution in [0.5, 0.6) is 11.5 Å². The number of rotatable bonds is 5. The van der Waals surface area contributed by atoms with E-state index < -0.39 is 11.7 Å². The molecule has 4 N–H and O–H groups in total. The number of amides is 1. The van der Waals surface area contributed by atoms with Gasteiger partial charge in [0.1, 0.15) is 19.3 Å². The van der Waals surface area contributed by atoms with E-state index in [0.29, 0.717) is 10.7 Å². The number of aromatic nitrogens is 2. The Morgan fingerprint density at radius 2 is 2.11 bits per heavy atom. The molecule has 1 aromatic heterocycles. The highest BCUT2D eigenvalue weighted by Gasteiger charge is 2.18. The highest BCUT2D eigenvalue weighted by molar-refractivity contribution is 6.37. The number of nitrogens with one attached hydrogen (secondary N) is 2. The van der Waals surface area contributed by atoms with Crippen LogP contribution in [0.25, 0.3) is 0 Å². The van der Waals surface area contributed by atoms with Gasteiger partial charge in [-0.1, -0.05) is 29.3 Å². The van der Waals surface area contributed by atoms with Crippen molar-refractivity contribution in [1.29, 1.82) is 0 Å². The Hall–Kier alpha value is -2.71. The maximum Gasteiger partial charge on any atom is 0.271 e. The summed E-state index contributed by atoms with van der Waals surface area (Å²) in [6, 6.07) is 7.49. The van der Waals surface area contributed by atoms with E-state index in [1.165, 1.54) is 30.3 Å². The number of carbonyl (C=O) groups excluding carboxylic acids is 1. The molecule has 0 fully saturated rings. The zero-order chi connectivity index (χ0) is 20.4. The van der Waals surface area contributed by atoms with Gasteiger partial charge in [-0.15, -0.1) is 0 Å². The summed E-state index contributed by atoms with van der Waals surface area (Å²) in [5.74, 6) is -1.04. The molecule has 0 aliphatic rings. The number of nitrogens with two attached hydrogens (primary N) is 1. The molecule has 2 aromatic carbocycles. The van der Waals surface area contributed by atoms with Crippen LogP contribution in [-0.4, -0.2) is 24.0 Å². The van der Waals surface area contributed by atoms with Crippen molar-refractivity contribution >= 4 is 48.1 Å². The van der Waals surface area contributed by atoms with Gasteiger partial charge in [-0.3, -0.25) is 9.89 Å². The molecule has 144 valence electrons. The van der Waals surface area contributed by atoms with E-state index in [1.807, 2.05) is 6.92 Å². The number of carbonyl (C=O) groups is 1. The van der Waals surface area contributed by atoms with Crippen molar-refractivity contribution in [2.75, 3.05) is 5.73 Å². The molecule has 0 atom stereocenters. The monoisotopic (exact) mass is 420 g/mol. The summed E-state index contributed by atoms with van der Waals surface area (Å²) in [7, 11) is 1.78. The lowest BCUT2D eigenvalue weighted by Crippen LogP contribution is -2.28. The average molecular weight is 421 g/mol. The number of anilines is 1. The Morgan fingerprint density at radius 1 is 1.36 bits per heavy atom. The number of benzene rings is 2. The molecule has 0 spiro atoms. The zero-order valence-corrected chi connectivity index (χ0v) is 16.6. The van der Waals surface area contributed by atoms with Gasteiger partial charge in [0.2, 0.25) is 0 Å². The SMILES string of the molecule is Bc1c(C(=O)NCc2ccc(Cl)c(Oc3cc(N)cc(Cl)c3)c2F)n[nH]c1C. The number of nitrogens with zero attached hydrogens (tertiary/aromatic N) is 1. The third-order valence-corrected chi connectivity index (χ3v) is 4.67. The van der Waals surface area contributed by atoms with E-state index in [2.05, 4.69) is 15.5 Å². The van der Waals surface area contributed by atoms with E-state index >= 15 is 0 Å². The zero-order valence-electron chi connectivity index (χ0n) is 15.1. The number of aryl methyl sites for hydroxylation is 1. The van der Waals surface area contributed by atoms with Gasteiger partial charge in [0.25, 0.3) is 5.91 Å². The minimum atomic E-state index is -0.693. The predicted octanol–water partition coefficient (Wildman–Crippen LogP) is 2.73. The summed E-state index contributed by atoms with van der Waals surface area (Å²) in [4.78, 5) is 12.3. The fraction of sp³-hybridized carbons (Fsp3) is 0.111. The van der Waals surface area contributed by atoms with Gasteiger partial charge in [0.15, 0.2) is 11.6 Å². The lowest BCUT2D eigenvalue weighted by Gasteiger charge is -2.13. The number of aromatic amines is 1. The van der Waals surface area contributed by atoms with Crippen molar-refractivity contribution in [3.8, 4) is 11.5 Å². The maximum absolute atomic E-state index is 14.9. The summed E-state index contributed by atoms with van der Waals surface area (Å²) >= 11 is 12.0. The third kappa shape index (κ3) is 4.23. The highest BCUT2D eigenvalue weighted by atomic mass is 35.5. The Morgan fingerprint density at radius 3 is 2.75 bits per heavy atom. The van der Waals surface area contributed by atoms with Crippen LogP contribution in [0.4, 0.5) is 10.1 Å². The first kappa shape index (κ1) is 20.0. The number of hydrogen-bond acceptors (Lipinski definition) is 4. The number of halogens is 3. The van der Waals surface area contributed by atoms with Gasteiger partial charge in [-0.2, -0.15) is 5.10 Å². The van der Waals surface area contributed by atoms with Crippen LogP contribution in [0.3, 0.4) is 0 Å². The van der Waals surface area contributed by atoms with Gasteiger partial charge in [-0.25, -0.2) is 4.39 Å². The number of H-pyrrole nitrogens is 1. The normalized spacial score (nSPS) is 10.7. The lowest BCUT2D eigenvalue weighted by atomic mass is 9.93. The van der Waals surface area contributed by atoms with Crippen LogP contribution in [0.15, 0.2) is 30.3 Å². The van der Waals surface area contributed by atoms with Crippen molar-refractivity contribution in [2.24, 2.45) is 0 Å². The number of hydrogen-bond donors (Lipinski definition) is 3. The first-order chi connectivity index (χ1) is 13.3. The van der Waals surface area contributed by atoms with E-state index in [-0.39, 0.29) is 34.3 Å². The summed E-state index contributed by atoms with van der Waals surface area (Å²) in [6.07, 6.45) is 0. The molecule has 3 rings (SSSR count). The molecule has 1 amide bonds. The quantitative estimate of drug-likeness (QED) is 0.437. The van der Waals surface area contributed by atoms with Crippen molar-refractivity contribution in [2.45, 2.75) is 13.5 Å². The molecule has 0 unspecified atom stereocenters. The largest absolute Gasteiger partial charge is 0.453 e. The molecule has 3 aromatic rings. The van der Waals surface area contributed by atoms with E-state index in [1.54, 1.807) is 7.85 Å². The van der Waals surface area contributed by atoms with E-state index in [9.17, 15) is 9.18 Å². The second-order valence-electron chi connectivity index (χ2n) is 6.18. The second-order valence-corrected chi connectivity index (χ2v) is 7.02. The molecule has 28 heavy (non-hydrogen) atoms. The molecule has 10 heteroatoms. The van der Waals surface area contributed by atoms with Crippen molar-refractivity contribution in [3.63, 3.8) is 0 Å². The van der Waals surface area contributed by atoms with Gasteiger partial charge < -0.3 is 15.8 Å². The molecule has 0 saturated heterocycles. The molecular weight excluding hydrogens is 405 g/mol. The summed E-state index contributed by atoms with van der Waals surface area (Å²) in [5, 5.41) is 9.75. The van der Waals surface area contributed by atoms with Crippen LogP contribution >= 0.6 is 23.2 Å². The Labute approximate surface area is 171 Å². The molecule has 0 aliphatic heterocycles. The number of nitrogen functional groups attached to an aromatic ring is 1. The van der Waals surface area contributed by atoms with Crippen molar-refractivity contribution in [3.05, 3.63) is 63.1 Å². The van der Waals surface area contributed by atoms with E-state index in [4.69, 9.17) is 33.7 Å². The fourth-order valence-corrected chi connectivity index (χ4v) is 2.95. The molecule has 0 aliphatic carbocycles. The molecule has 6 nitrogen and oxygen atoms in total. The first-order valence-electron chi connectivity index (χ1n) is 8.27. The topological polar surface area (TPSA) is 93.0 Å². The summed E-state index contributed by atoms with van der Waals surface area (Å²) in [6.45, 7) is 1.74. The smallest absolute Gasteiger partial charge is 0.271 e. The molecular formula is C18H16BCl2FN4O2. The standard InChI is InChI=1S/C18H16BCl2FN4O2/c1-8-14(19)16(26-25-8)18(27)24-7-9-2-3-13(21)17(15(9)22)28-12-5-10(20)4-11(23)6-12/h2-6H,7,19,23H2,1H3,(H,24,27)(H,25,26). The van der Waals surface area contributed by atoms with Crippen molar-refractivity contribution in [1.82, 2.24) is 15.5 Å². The Kier molecular flexibility index (Phi) is 5.81. The highest BCUT2D eigenvalue weighted by Crippen LogP contribution is 2.35. The van der Waals surface area contributed by atoms with Crippen molar-refractivity contribution < 1.29 is 13.9 Å². The van der Waals surface area contributed by atoms with Crippen LogP contribution in [0.1, 0.15) is 21.7 Å². The van der Waals surface area contributed by atoms with Crippen LogP contribution in [-0.2, 0) is 6.54 Å². The summed E-state index contributed by atoms with van der Waals surface area (Å²) < 4.78 is 20.5. The Balaban J connectivity index is 1.80. The molecule has 0 saturated carbocycles. The van der Waals surface area contributed by atoms with Crippen LogP contribution in [0.2, 0.25) is 10.0 Å². The number of ether oxygens (including phenoxy) is 1. The molecule has 1 heterocycles. The van der Waals surface area contributed by atoms with E-state index in [0.717, 1.165) is 11.2 Å². The first-order valence-corrected chi connectivity index (χ1v) is 9.02. The third-order valence-electron chi connectivity index (χ3n) is 4.15. The fourth-order valence-electron chi connectivity index (χ4n) is 2.53. The molecule has 0 radical (unpaired) electrons. The van der Waals surface area contributed by atoms with Crippen LogP contribution in [0, 0.1) is 12.7 Å². The minimum absolute atomic E-state index is 0.0682. The molecule has 0 bridgehead atoms. The van der Waals surface area contributed by atoms with Gasteiger partial charge in [-0.05, 0) is 30.6 Å². The lowest BCUT2D eigenvalue weighted by molar-refractivity contribution is 0.0946. The minimum Gasteiger partial charge on any atom is -0.453 e.